The predicted molar refractivity (Wildman–Crippen MR) is 56.6 cm³/mol. The van der Waals surface area contributed by atoms with Gasteiger partial charge < -0.3 is 10.8 Å². The zero-order valence-corrected chi connectivity index (χ0v) is 8.72. The largest absolute Gasteiger partial charge is 0.387 e. The van der Waals surface area contributed by atoms with E-state index in [1.54, 1.807) is 23.0 Å². The number of nitrogens with two attached hydrogens (primary N) is 1. The van der Waals surface area contributed by atoms with Crippen molar-refractivity contribution in [3.63, 3.8) is 0 Å². The van der Waals surface area contributed by atoms with Crippen LogP contribution in [0.4, 0.5) is 0 Å². The lowest BCUT2D eigenvalue weighted by atomic mass is 10.2. The first kappa shape index (κ1) is 10.4. The van der Waals surface area contributed by atoms with Crippen LogP contribution in [-0.4, -0.2) is 26.0 Å². The topological polar surface area (TPSA) is 76.4 Å². The van der Waals surface area contributed by atoms with Gasteiger partial charge in [0.1, 0.15) is 0 Å². The number of halogens is 1. The summed E-state index contributed by atoms with van der Waals surface area (Å²) in [6, 6.07) is 0. The fourth-order valence-electron chi connectivity index (χ4n) is 1.46. The van der Waals surface area contributed by atoms with Gasteiger partial charge in [-0.05, 0) is 24.6 Å². The van der Waals surface area contributed by atoms with Crippen LogP contribution in [0, 0.1) is 0 Å². The Morgan fingerprint density at radius 1 is 1.60 bits per heavy atom. The minimum Gasteiger partial charge on any atom is -0.387 e. The van der Waals surface area contributed by atoms with Crippen LogP contribution in [0.15, 0.2) is 18.6 Å². The molecule has 0 saturated carbocycles. The molecule has 2 heterocycles. The zero-order valence-electron chi connectivity index (χ0n) is 7.97. The summed E-state index contributed by atoms with van der Waals surface area (Å²) < 4.78 is 1.67. The summed E-state index contributed by atoms with van der Waals surface area (Å²) >= 11 is 5.90. The minimum atomic E-state index is -0.693. The molecule has 1 atom stereocenters. The Labute approximate surface area is 91.5 Å². The van der Waals surface area contributed by atoms with Gasteiger partial charge in [-0.25, -0.2) is 4.98 Å². The molecule has 15 heavy (non-hydrogen) atoms. The van der Waals surface area contributed by atoms with Gasteiger partial charge in [-0.15, -0.1) is 0 Å². The molecule has 0 radical (unpaired) electrons. The first-order chi connectivity index (χ1) is 7.24. The van der Waals surface area contributed by atoms with Crippen molar-refractivity contribution in [3.05, 3.63) is 29.6 Å². The first-order valence-corrected chi connectivity index (χ1v) is 4.97. The Kier molecular flexibility index (Phi) is 2.86. The molecule has 5 nitrogen and oxygen atoms in total. The van der Waals surface area contributed by atoms with Crippen LogP contribution < -0.4 is 5.73 Å². The van der Waals surface area contributed by atoms with E-state index in [1.165, 1.54) is 0 Å². The molecule has 0 saturated heterocycles. The molecular formula is C9H11ClN4O. The lowest BCUT2D eigenvalue weighted by molar-refractivity contribution is 0.167. The van der Waals surface area contributed by atoms with Gasteiger partial charge in [0.15, 0.2) is 0 Å². The molecule has 3 N–H and O–H groups in total. The maximum atomic E-state index is 9.79. The lowest BCUT2D eigenvalue weighted by Crippen LogP contribution is -2.07. The Hall–Kier alpha value is -1.17. The van der Waals surface area contributed by atoms with E-state index in [1.807, 2.05) is 0 Å². The van der Waals surface area contributed by atoms with Gasteiger partial charge >= 0.3 is 0 Å². The van der Waals surface area contributed by atoms with Crippen LogP contribution >= 0.6 is 11.6 Å². The van der Waals surface area contributed by atoms with Gasteiger partial charge in [0.05, 0.1) is 23.5 Å². The Bertz CT molecular complexity index is 470. The lowest BCUT2D eigenvalue weighted by Gasteiger charge is -2.05. The van der Waals surface area contributed by atoms with Crippen molar-refractivity contribution in [1.82, 2.24) is 14.4 Å². The van der Waals surface area contributed by atoms with Gasteiger partial charge in [-0.3, -0.25) is 9.38 Å². The number of imidazole rings is 1. The molecule has 0 aliphatic rings. The van der Waals surface area contributed by atoms with Crippen molar-refractivity contribution < 1.29 is 5.11 Å². The van der Waals surface area contributed by atoms with Crippen molar-refractivity contribution >= 4 is 17.1 Å². The molecule has 0 aliphatic carbocycles. The van der Waals surface area contributed by atoms with Crippen molar-refractivity contribution in [3.8, 4) is 0 Å². The number of aliphatic hydroxyl groups excluding tert-OH is 1. The van der Waals surface area contributed by atoms with Gasteiger partial charge in [-0.1, -0.05) is 0 Å². The summed E-state index contributed by atoms with van der Waals surface area (Å²) in [5.74, 6) is 0. The SMILES string of the molecule is NCCC(O)c1nc(Cl)n2ccncc12. The maximum Gasteiger partial charge on any atom is 0.207 e. The van der Waals surface area contributed by atoms with Crippen molar-refractivity contribution in [2.45, 2.75) is 12.5 Å². The second-order valence-electron chi connectivity index (χ2n) is 3.19. The van der Waals surface area contributed by atoms with E-state index in [4.69, 9.17) is 17.3 Å². The fourth-order valence-corrected chi connectivity index (χ4v) is 1.70. The van der Waals surface area contributed by atoms with E-state index in [0.29, 0.717) is 29.5 Å². The van der Waals surface area contributed by atoms with Crippen molar-refractivity contribution in [2.75, 3.05) is 6.54 Å². The monoisotopic (exact) mass is 226 g/mol. The normalized spacial score (nSPS) is 13.3. The molecule has 0 fully saturated rings. The molecule has 2 rings (SSSR count). The second-order valence-corrected chi connectivity index (χ2v) is 3.53. The van der Waals surface area contributed by atoms with Crippen molar-refractivity contribution in [2.24, 2.45) is 5.73 Å². The smallest absolute Gasteiger partial charge is 0.207 e. The molecule has 0 spiro atoms. The molecule has 0 amide bonds. The Balaban J connectivity index is 2.52. The fraction of sp³-hybridized carbons (Fsp3) is 0.333. The maximum absolute atomic E-state index is 9.79. The summed E-state index contributed by atoms with van der Waals surface area (Å²) in [5, 5.41) is 10.1. The minimum absolute atomic E-state index is 0.318. The Morgan fingerprint density at radius 3 is 3.13 bits per heavy atom. The summed E-state index contributed by atoms with van der Waals surface area (Å²) in [7, 11) is 0. The van der Waals surface area contributed by atoms with E-state index >= 15 is 0 Å². The average Bonchev–Trinajstić information content (AvgIpc) is 2.58. The number of rotatable bonds is 3. The zero-order chi connectivity index (χ0) is 10.8. The summed E-state index contributed by atoms with van der Waals surface area (Å²) in [6.45, 7) is 0.401. The molecule has 1 unspecified atom stereocenters. The number of aromatic nitrogens is 3. The molecule has 2 aromatic heterocycles. The van der Waals surface area contributed by atoms with Gasteiger partial charge in [0.2, 0.25) is 5.28 Å². The van der Waals surface area contributed by atoms with E-state index in [9.17, 15) is 5.11 Å². The predicted octanol–water partition coefficient (Wildman–Crippen LogP) is 0.765. The Morgan fingerprint density at radius 2 is 2.40 bits per heavy atom. The summed E-state index contributed by atoms with van der Waals surface area (Å²) in [4.78, 5) is 8.06. The van der Waals surface area contributed by atoms with Crippen LogP contribution in [0.5, 0.6) is 0 Å². The highest BCUT2D eigenvalue weighted by atomic mass is 35.5. The summed E-state index contributed by atoms with van der Waals surface area (Å²) in [6.07, 6.45) is 4.69. The van der Waals surface area contributed by atoms with Gasteiger partial charge in [-0.2, -0.15) is 0 Å². The third-order valence-electron chi connectivity index (χ3n) is 2.19. The number of fused-ring (bicyclic) bond motifs is 1. The molecule has 0 aromatic carbocycles. The standard InChI is InChI=1S/C9H11ClN4O/c10-9-13-8(7(15)1-2-11)6-5-12-3-4-14(6)9/h3-5,7,15H,1-2,11H2. The molecule has 80 valence electrons. The van der Waals surface area contributed by atoms with Crippen molar-refractivity contribution in [1.29, 1.82) is 0 Å². The third-order valence-corrected chi connectivity index (χ3v) is 2.45. The van der Waals surface area contributed by atoms with Crippen LogP contribution in [0.2, 0.25) is 5.28 Å². The van der Waals surface area contributed by atoms with E-state index in [-0.39, 0.29) is 0 Å². The number of aliphatic hydroxyl groups is 1. The molecule has 6 heteroatoms. The van der Waals surface area contributed by atoms with Gasteiger partial charge in [0.25, 0.3) is 0 Å². The van der Waals surface area contributed by atoms with Crippen LogP contribution in [0.3, 0.4) is 0 Å². The highest BCUT2D eigenvalue weighted by molar-refractivity contribution is 6.28. The number of hydrogen-bond donors (Lipinski definition) is 2. The number of nitrogens with zero attached hydrogens (tertiary/aromatic N) is 3. The van der Waals surface area contributed by atoms with Crippen LogP contribution in [0.1, 0.15) is 18.2 Å². The number of hydrogen-bond acceptors (Lipinski definition) is 4. The van der Waals surface area contributed by atoms with E-state index < -0.39 is 6.10 Å². The molecule has 0 aliphatic heterocycles. The van der Waals surface area contributed by atoms with Crippen LogP contribution in [0.25, 0.3) is 5.52 Å². The summed E-state index contributed by atoms with van der Waals surface area (Å²) in [5.41, 5.74) is 6.61. The first-order valence-electron chi connectivity index (χ1n) is 4.59. The molecule has 0 bridgehead atoms. The van der Waals surface area contributed by atoms with E-state index in [0.717, 1.165) is 0 Å². The highest BCUT2D eigenvalue weighted by Gasteiger charge is 2.16. The third kappa shape index (κ3) is 1.81. The quantitative estimate of drug-likeness (QED) is 0.811. The molecule has 2 aromatic rings. The van der Waals surface area contributed by atoms with Gasteiger partial charge in [0, 0.05) is 12.4 Å². The van der Waals surface area contributed by atoms with E-state index in [2.05, 4.69) is 9.97 Å². The average molecular weight is 227 g/mol. The highest BCUT2D eigenvalue weighted by Crippen LogP contribution is 2.23. The molecular weight excluding hydrogens is 216 g/mol. The van der Waals surface area contributed by atoms with Crippen LogP contribution in [-0.2, 0) is 0 Å². The second kappa shape index (κ2) is 4.14.